The molecule has 1 saturated heterocycles. The maximum atomic E-state index is 12.2. The lowest BCUT2D eigenvalue weighted by Gasteiger charge is -2.43. The van der Waals surface area contributed by atoms with Crippen LogP contribution in [0.1, 0.15) is 37.6 Å². The van der Waals surface area contributed by atoms with E-state index in [-0.39, 0.29) is 30.0 Å². The van der Waals surface area contributed by atoms with E-state index >= 15 is 0 Å². The van der Waals surface area contributed by atoms with Crippen molar-refractivity contribution in [3.05, 3.63) is 16.8 Å². The van der Waals surface area contributed by atoms with Gasteiger partial charge >= 0.3 is 5.97 Å². The quantitative estimate of drug-likeness (QED) is 0.814. The Bertz CT molecular complexity index is 568. The summed E-state index contributed by atoms with van der Waals surface area (Å²) in [5.41, 5.74) is -0.155. The van der Waals surface area contributed by atoms with Crippen LogP contribution in [-0.2, 0) is 9.47 Å². The van der Waals surface area contributed by atoms with Crippen molar-refractivity contribution in [3.8, 4) is 0 Å². The van der Waals surface area contributed by atoms with Crippen molar-refractivity contribution in [2.75, 3.05) is 31.2 Å². The molecular formula is C15H22ClN3O4. The number of carbonyl (C=O) groups is 1. The van der Waals surface area contributed by atoms with E-state index in [2.05, 4.69) is 10.2 Å². The summed E-state index contributed by atoms with van der Waals surface area (Å²) in [6.07, 6.45) is 0.353. The van der Waals surface area contributed by atoms with Crippen molar-refractivity contribution < 1.29 is 19.4 Å². The molecule has 1 unspecified atom stereocenters. The molecule has 2 heterocycles. The molecule has 8 heteroatoms. The van der Waals surface area contributed by atoms with Gasteiger partial charge in [-0.3, -0.25) is 0 Å². The summed E-state index contributed by atoms with van der Waals surface area (Å²) < 4.78 is 11.0. The lowest BCUT2D eigenvalue weighted by Crippen LogP contribution is -2.53. The second-order valence-corrected chi connectivity index (χ2v) is 6.40. The van der Waals surface area contributed by atoms with E-state index in [1.165, 1.54) is 6.07 Å². The summed E-state index contributed by atoms with van der Waals surface area (Å²) in [4.78, 5) is 14.1. The van der Waals surface area contributed by atoms with Gasteiger partial charge in [0.25, 0.3) is 0 Å². The lowest BCUT2D eigenvalue weighted by molar-refractivity contribution is -0.0901. The predicted octanol–water partition coefficient (Wildman–Crippen LogP) is 1.67. The Morgan fingerprint density at radius 1 is 1.57 bits per heavy atom. The Morgan fingerprint density at radius 2 is 2.30 bits per heavy atom. The normalized spacial score (nSPS) is 20.4. The molecule has 1 aromatic rings. The van der Waals surface area contributed by atoms with Gasteiger partial charge in [0.1, 0.15) is 5.56 Å². The molecule has 0 spiro atoms. The molecule has 2 rings (SSSR count). The van der Waals surface area contributed by atoms with Crippen molar-refractivity contribution >= 4 is 23.4 Å². The van der Waals surface area contributed by atoms with Crippen LogP contribution >= 0.6 is 11.6 Å². The van der Waals surface area contributed by atoms with Crippen molar-refractivity contribution in [1.82, 2.24) is 10.2 Å². The first kappa shape index (κ1) is 17.9. The van der Waals surface area contributed by atoms with Crippen molar-refractivity contribution in [2.24, 2.45) is 0 Å². The summed E-state index contributed by atoms with van der Waals surface area (Å²) in [6, 6.07) is 1.46. The molecule has 128 valence electrons. The third-order valence-corrected chi connectivity index (χ3v) is 3.66. The number of carbonyl (C=O) groups excluding carboxylic acids is 1. The molecule has 1 fully saturated rings. The highest BCUT2D eigenvalue weighted by atomic mass is 35.5. The fraction of sp³-hybridized carbons (Fsp3) is 0.667. The fourth-order valence-corrected chi connectivity index (χ4v) is 2.85. The van der Waals surface area contributed by atoms with Crippen LogP contribution in [0.2, 0.25) is 5.15 Å². The van der Waals surface area contributed by atoms with Gasteiger partial charge in [0, 0.05) is 19.7 Å². The standard InChI is InChI=1S/C15H22ClN3O4/c1-4-22-14(21)11-7-12(16)17-18-13(11)19-8-10(5-6-20)23-15(2,3)9-19/h7,10,20H,4-6,8-9H2,1-3H3. The van der Waals surface area contributed by atoms with Gasteiger partial charge in [-0.25, -0.2) is 4.79 Å². The zero-order valence-electron chi connectivity index (χ0n) is 13.6. The third kappa shape index (κ3) is 4.53. The Hall–Kier alpha value is -1.44. The van der Waals surface area contributed by atoms with Gasteiger partial charge in [0.15, 0.2) is 11.0 Å². The minimum atomic E-state index is -0.484. The molecule has 0 aromatic carbocycles. The minimum Gasteiger partial charge on any atom is -0.462 e. The van der Waals surface area contributed by atoms with E-state index in [0.29, 0.717) is 25.3 Å². The molecule has 1 aromatic heterocycles. The van der Waals surface area contributed by atoms with Crippen LogP contribution in [0.3, 0.4) is 0 Å². The van der Waals surface area contributed by atoms with E-state index in [9.17, 15) is 9.90 Å². The van der Waals surface area contributed by atoms with Gasteiger partial charge in [0.05, 0.1) is 18.3 Å². The number of morpholine rings is 1. The van der Waals surface area contributed by atoms with Crippen LogP contribution in [-0.4, -0.2) is 59.3 Å². The number of aliphatic hydroxyl groups is 1. The highest BCUT2D eigenvalue weighted by Crippen LogP contribution is 2.29. The molecule has 0 amide bonds. The van der Waals surface area contributed by atoms with E-state index in [4.69, 9.17) is 21.1 Å². The molecule has 7 nitrogen and oxygen atoms in total. The summed E-state index contributed by atoms with van der Waals surface area (Å²) in [5, 5.41) is 17.3. The number of aromatic nitrogens is 2. The topological polar surface area (TPSA) is 84.8 Å². The summed E-state index contributed by atoms with van der Waals surface area (Å²) >= 11 is 5.88. The van der Waals surface area contributed by atoms with Crippen LogP contribution in [0.25, 0.3) is 0 Å². The Labute approximate surface area is 140 Å². The maximum Gasteiger partial charge on any atom is 0.342 e. The van der Waals surface area contributed by atoms with Crippen LogP contribution in [0.5, 0.6) is 0 Å². The smallest absolute Gasteiger partial charge is 0.342 e. The van der Waals surface area contributed by atoms with Gasteiger partial charge < -0.3 is 19.5 Å². The van der Waals surface area contributed by atoms with Crippen molar-refractivity contribution in [2.45, 2.75) is 38.9 Å². The van der Waals surface area contributed by atoms with E-state index in [0.717, 1.165) is 0 Å². The van der Waals surface area contributed by atoms with Crippen LogP contribution in [0.15, 0.2) is 6.07 Å². The first-order valence-electron chi connectivity index (χ1n) is 7.60. The molecule has 23 heavy (non-hydrogen) atoms. The number of hydrogen-bond acceptors (Lipinski definition) is 7. The second-order valence-electron chi connectivity index (χ2n) is 6.02. The van der Waals surface area contributed by atoms with E-state index in [1.54, 1.807) is 6.92 Å². The number of ether oxygens (including phenoxy) is 2. The molecule has 0 bridgehead atoms. The van der Waals surface area contributed by atoms with Crippen LogP contribution < -0.4 is 4.90 Å². The van der Waals surface area contributed by atoms with Gasteiger partial charge in [-0.2, -0.15) is 0 Å². The first-order chi connectivity index (χ1) is 10.9. The monoisotopic (exact) mass is 343 g/mol. The average molecular weight is 344 g/mol. The molecule has 0 radical (unpaired) electrons. The average Bonchev–Trinajstić information content (AvgIpc) is 2.46. The van der Waals surface area contributed by atoms with Gasteiger partial charge in [-0.05, 0) is 33.3 Å². The van der Waals surface area contributed by atoms with E-state index < -0.39 is 11.6 Å². The number of nitrogens with zero attached hydrogens (tertiary/aromatic N) is 3. The number of halogens is 1. The van der Waals surface area contributed by atoms with Gasteiger partial charge in [-0.15, -0.1) is 10.2 Å². The molecule has 1 aliphatic heterocycles. The fourth-order valence-electron chi connectivity index (χ4n) is 2.71. The zero-order chi connectivity index (χ0) is 17.0. The highest BCUT2D eigenvalue weighted by molar-refractivity contribution is 6.29. The predicted molar refractivity (Wildman–Crippen MR) is 85.9 cm³/mol. The highest BCUT2D eigenvalue weighted by Gasteiger charge is 2.35. The molecule has 0 aliphatic carbocycles. The summed E-state index contributed by atoms with van der Waals surface area (Å²) in [7, 11) is 0. The number of esters is 1. The van der Waals surface area contributed by atoms with Gasteiger partial charge in [0.2, 0.25) is 0 Å². The SMILES string of the molecule is CCOC(=O)c1cc(Cl)nnc1N1CC(CCO)OC(C)(C)C1. The Morgan fingerprint density at radius 3 is 2.96 bits per heavy atom. The first-order valence-corrected chi connectivity index (χ1v) is 7.98. The van der Waals surface area contributed by atoms with Crippen LogP contribution in [0, 0.1) is 0 Å². The Kier molecular flexibility index (Phi) is 5.78. The number of rotatable bonds is 5. The zero-order valence-corrected chi connectivity index (χ0v) is 14.3. The molecule has 1 N–H and O–H groups in total. The summed E-state index contributed by atoms with van der Waals surface area (Å²) in [6.45, 7) is 6.99. The van der Waals surface area contributed by atoms with E-state index in [1.807, 2.05) is 18.7 Å². The lowest BCUT2D eigenvalue weighted by atomic mass is 10.0. The molecule has 1 aliphatic rings. The number of anilines is 1. The van der Waals surface area contributed by atoms with Crippen molar-refractivity contribution in [3.63, 3.8) is 0 Å². The largest absolute Gasteiger partial charge is 0.462 e. The molecular weight excluding hydrogens is 322 g/mol. The molecule has 0 saturated carbocycles. The van der Waals surface area contributed by atoms with Crippen molar-refractivity contribution in [1.29, 1.82) is 0 Å². The maximum absolute atomic E-state index is 12.2. The van der Waals surface area contributed by atoms with Gasteiger partial charge in [-0.1, -0.05) is 11.6 Å². The number of hydrogen-bond donors (Lipinski definition) is 1. The second kappa shape index (κ2) is 7.42. The third-order valence-electron chi connectivity index (χ3n) is 3.47. The summed E-state index contributed by atoms with van der Waals surface area (Å²) in [5.74, 6) is -0.0607. The minimum absolute atomic E-state index is 0.0333. The number of aliphatic hydroxyl groups excluding tert-OH is 1. The van der Waals surface area contributed by atoms with Crippen LogP contribution in [0.4, 0.5) is 5.82 Å². The molecule has 1 atom stereocenters. The Balaban J connectivity index is 2.34.